The van der Waals surface area contributed by atoms with E-state index in [2.05, 4.69) is 5.32 Å². The van der Waals surface area contributed by atoms with Crippen LogP contribution in [-0.2, 0) is 20.7 Å². The molecule has 0 aliphatic carbocycles. The maximum Gasteiger partial charge on any atom is 0.315 e. The zero-order valence-electron chi connectivity index (χ0n) is 11.5. The molecule has 1 amide bonds. The molecule has 1 rings (SSSR count). The Balaban J connectivity index is 2.66. The zero-order valence-corrected chi connectivity index (χ0v) is 11.5. The molecule has 1 aromatic rings. The number of benzene rings is 1. The minimum absolute atomic E-state index is 0.272. The van der Waals surface area contributed by atoms with Crippen LogP contribution in [0.4, 0.5) is 5.69 Å². The molecule has 0 saturated heterocycles. The van der Waals surface area contributed by atoms with Gasteiger partial charge in [0, 0.05) is 5.69 Å². The molecule has 19 heavy (non-hydrogen) atoms. The third kappa shape index (κ3) is 4.62. The highest BCUT2D eigenvalue weighted by atomic mass is 16.5. The standard InChI is InChI=1S/C14H19NO4/c1-4-10-8-11(6-7-12(10)18-3)15-13(16)9-14(17)19-5-2/h6-8H,4-5,9H2,1-3H3,(H,15,16). The fourth-order valence-electron chi connectivity index (χ4n) is 1.68. The molecule has 0 radical (unpaired) electrons. The van der Waals surface area contributed by atoms with Crippen molar-refractivity contribution in [2.75, 3.05) is 19.0 Å². The molecule has 0 unspecified atom stereocenters. The van der Waals surface area contributed by atoms with Gasteiger partial charge in [0.1, 0.15) is 12.2 Å². The lowest BCUT2D eigenvalue weighted by atomic mass is 10.1. The van der Waals surface area contributed by atoms with Gasteiger partial charge in [-0.1, -0.05) is 6.92 Å². The smallest absolute Gasteiger partial charge is 0.315 e. The van der Waals surface area contributed by atoms with Gasteiger partial charge in [0.25, 0.3) is 0 Å². The molecule has 0 spiro atoms. The first-order chi connectivity index (χ1) is 9.10. The van der Waals surface area contributed by atoms with Crippen molar-refractivity contribution in [3.05, 3.63) is 23.8 Å². The van der Waals surface area contributed by atoms with Gasteiger partial charge in [0.15, 0.2) is 0 Å². The fourth-order valence-corrected chi connectivity index (χ4v) is 1.68. The maximum absolute atomic E-state index is 11.6. The molecular weight excluding hydrogens is 246 g/mol. The van der Waals surface area contributed by atoms with Crippen LogP contribution >= 0.6 is 0 Å². The van der Waals surface area contributed by atoms with Crippen LogP contribution in [0.15, 0.2) is 18.2 Å². The number of nitrogens with one attached hydrogen (secondary N) is 1. The number of carbonyl (C=O) groups excluding carboxylic acids is 2. The lowest BCUT2D eigenvalue weighted by Crippen LogP contribution is -2.18. The Morgan fingerprint density at radius 3 is 2.58 bits per heavy atom. The summed E-state index contributed by atoms with van der Waals surface area (Å²) in [5, 5.41) is 2.66. The molecule has 5 nitrogen and oxygen atoms in total. The summed E-state index contributed by atoms with van der Waals surface area (Å²) >= 11 is 0. The van der Waals surface area contributed by atoms with Crippen molar-refractivity contribution in [2.24, 2.45) is 0 Å². The van der Waals surface area contributed by atoms with Crippen LogP contribution in [0.25, 0.3) is 0 Å². The molecule has 0 aromatic heterocycles. The first-order valence-electron chi connectivity index (χ1n) is 6.23. The average molecular weight is 265 g/mol. The SMILES string of the molecule is CCOC(=O)CC(=O)Nc1ccc(OC)c(CC)c1. The van der Waals surface area contributed by atoms with Crippen LogP contribution < -0.4 is 10.1 Å². The first-order valence-corrected chi connectivity index (χ1v) is 6.23. The number of ether oxygens (including phenoxy) is 2. The van der Waals surface area contributed by atoms with E-state index in [9.17, 15) is 9.59 Å². The average Bonchev–Trinajstić information content (AvgIpc) is 2.38. The van der Waals surface area contributed by atoms with E-state index in [0.29, 0.717) is 5.69 Å². The zero-order chi connectivity index (χ0) is 14.3. The highest BCUT2D eigenvalue weighted by Gasteiger charge is 2.11. The van der Waals surface area contributed by atoms with Gasteiger partial charge in [0.05, 0.1) is 13.7 Å². The van der Waals surface area contributed by atoms with E-state index in [1.54, 1.807) is 26.2 Å². The van der Waals surface area contributed by atoms with Gasteiger partial charge in [-0.05, 0) is 37.1 Å². The number of anilines is 1. The summed E-state index contributed by atoms with van der Waals surface area (Å²) in [6, 6.07) is 5.36. The second kappa shape index (κ2) is 7.41. The van der Waals surface area contributed by atoms with Crippen molar-refractivity contribution >= 4 is 17.6 Å². The number of carbonyl (C=O) groups is 2. The number of hydrogen-bond acceptors (Lipinski definition) is 4. The van der Waals surface area contributed by atoms with Crippen molar-refractivity contribution in [3.8, 4) is 5.75 Å². The molecule has 0 bridgehead atoms. The fraction of sp³-hybridized carbons (Fsp3) is 0.429. The minimum atomic E-state index is -0.524. The van der Waals surface area contributed by atoms with Crippen molar-refractivity contribution in [3.63, 3.8) is 0 Å². The third-order valence-electron chi connectivity index (χ3n) is 2.56. The van der Waals surface area contributed by atoms with Gasteiger partial charge in [-0.15, -0.1) is 0 Å². The lowest BCUT2D eigenvalue weighted by Gasteiger charge is -2.10. The van der Waals surface area contributed by atoms with Gasteiger partial charge in [-0.3, -0.25) is 9.59 Å². The summed E-state index contributed by atoms with van der Waals surface area (Å²) in [6.07, 6.45) is 0.520. The maximum atomic E-state index is 11.6. The third-order valence-corrected chi connectivity index (χ3v) is 2.56. The van der Waals surface area contributed by atoms with Crippen molar-refractivity contribution in [1.82, 2.24) is 0 Å². The van der Waals surface area contributed by atoms with E-state index >= 15 is 0 Å². The Kier molecular flexibility index (Phi) is 5.85. The monoisotopic (exact) mass is 265 g/mol. The van der Waals surface area contributed by atoms with Crippen molar-refractivity contribution in [2.45, 2.75) is 26.7 Å². The number of amides is 1. The Labute approximate surface area is 112 Å². The van der Waals surface area contributed by atoms with Crippen molar-refractivity contribution in [1.29, 1.82) is 0 Å². The first kappa shape index (κ1) is 15.0. The Morgan fingerprint density at radius 2 is 2.00 bits per heavy atom. The van der Waals surface area contributed by atoms with Gasteiger partial charge in [0.2, 0.25) is 5.91 Å². The number of aryl methyl sites for hydroxylation is 1. The number of rotatable bonds is 6. The van der Waals surface area contributed by atoms with Gasteiger partial charge in [-0.2, -0.15) is 0 Å². The topological polar surface area (TPSA) is 64.6 Å². The minimum Gasteiger partial charge on any atom is -0.496 e. The summed E-state index contributed by atoms with van der Waals surface area (Å²) in [6.45, 7) is 3.98. The second-order valence-electron chi connectivity index (χ2n) is 3.91. The van der Waals surface area contributed by atoms with Crippen molar-refractivity contribution < 1.29 is 19.1 Å². The normalized spacial score (nSPS) is 9.84. The van der Waals surface area contributed by atoms with Crippen LogP contribution in [0.2, 0.25) is 0 Å². The quantitative estimate of drug-likeness (QED) is 0.632. The van der Waals surface area contributed by atoms with Crippen LogP contribution in [0.5, 0.6) is 5.75 Å². The van der Waals surface area contributed by atoms with Gasteiger partial charge in [-0.25, -0.2) is 0 Å². The Hall–Kier alpha value is -2.04. The molecule has 5 heteroatoms. The van der Waals surface area contributed by atoms with Crippen LogP contribution in [0.3, 0.4) is 0 Å². The van der Waals surface area contributed by atoms with Gasteiger partial charge < -0.3 is 14.8 Å². The molecule has 0 aliphatic heterocycles. The van der Waals surface area contributed by atoms with E-state index in [-0.39, 0.29) is 18.9 Å². The largest absolute Gasteiger partial charge is 0.496 e. The number of hydrogen-bond donors (Lipinski definition) is 1. The summed E-state index contributed by atoms with van der Waals surface area (Å²) in [5.74, 6) is -0.124. The molecular formula is C14H19NO4. The van der Waals surface area contributed by atoms with E-state index in [1.807, 2.05) is 13.0 Å². The summed E-state index contributed by atoms with van der Waals surface area (Å²) < 4.78 is 9.92. The summed E-state index contributed by atoms with van der Waals surface area (Å²) in [5.41, 5.74) is 1.64. The molecule has 1 aromatic carbocycles. The molecule has 0 atom stereocenters. The summed E-state index contributed by atoms with van der Waals surface area (Å²) in [7, 11) is 1.60. The molecule has 104 valence electrons. The molecule has 0 heterocycles. The van der Waals surface area contributed by atoms with E-state index in [0.717, 1.165) is 17.7 Å². The highest BCUT2D eigenvalue weighted by Crippen LogP contribution is 2.23. The van der Waals surface area contributed by atoms with Gasteiger partial charge >= 0.3 is 5.97 Å². The predicted molar refractivity (Wildman–Crippen MR) is 72.3 cm³/mol. The van der Waals surface area contributed by atoms with E-state index in [4.69, 9.17) is 9.47 Å². The highest BCUT2D eigenvalue weighted by molar-refractivity contribution is 6.01. The summed E-state index contributed by atoms with van der Waals surface area (Å²) in [4.78, 5) is 22.8. The number of methoxy groups -OCH3 is 1. The van der Waals surface area contributed by atoms with Crippen LogP contribution in [0.1, 0.15) is 25.8 Å². The van der Waals surface area contributed by atoms with Crippen LogP contribution in [-0.4, -0.2) is 25.6 Å². The van der Waals surface area contributed by atoms with E-state index in [1.165, 1.54) is 0 Å². The molecule has 0 aliphatic rings. The Bertz CT molecular complexity index is 457. The second-order valence-corrected chi connectivity index (χ2v) is 3.91. The van der Waals surface area contributed by atoms with Crippen LogP contribution in [0, 0.1) is 0 Å². The lowest BCUT2D eigenvalue weighted by molar-refractivity contribution is -0.145. The number of esters is 1. The Morgan fingerprint density at radius 1 is 1.26 bits per heavy atom. The molecule has 0 saturated carbocycles. The molecule has 0 fully saturated rings. The molecule has 1 N–H and O–H groups in total. The van der Waals surface area contributed by atoms with E-state index < -0.39 is 5.97 Å². The predicted octanol–water partition coefficient (Wildman–Crippen LogP) is 2.15.